The highest BCUT2D eigenvalue weighted by molar-refractivity contribution is 7.12. The van der Waals surface area contributed by atoms with E-state index in [1.807, 2.05) is 11.4 Å². The van der Waals surface area contributed by atoms with Crippen LogP contribution in [0.3, 0.4) is 0 Å². The van der Waals surface area contributed by atoms with Gasteiger partial charge in [0.2, 0.25) is 0 Å². The average Bonchev–Trinajstić information content (AvgIpc) is 3.12. The number of nitrogens with one attached hydrogen (secondary N) is 1. The van der Waals surface area contributed by atoms with Crippen LogP contribution in [-0.4, -0.2) is 43.0 Å². The molecule has 1 aromatic heterocycles. The molecule has 1 aliphatic rings. The molecule has 0 aromatic carbocycles. The van der Waals surface area contributed by atoms with Gasteiger partial charge in [-0.05, 0) is 44.3 Å². The monoisotopic (exact) mass is 291 g/mol. The summed E-state index contributed by atoms with van der Waals surface area (Å²) in [4.78, 5) is 15.3. The molecule has 0 aliphatic carbocycles. The molecule has 1 unspecified atom stereocenters. The Morgan fingerprint density at radius 1 is 1.55 bits per heavy atom. The van der Waals surface area contributed by atoms with Crippen LogP contribution in [0.2, 0.25) is 0 Å². The van der Waals surface area contributed by atoms with Gasteiger partial charge in [0.15, 0.2) is 0 Å². The second kappa shape index (κ2) is 7.44. The Morgan fingerprint density at radius 2 is 2.30 bits per heavy atom. The fourth-order valence-corrected chi connectivity index (χ4v) is 3.13. The molecular weight excluding hydrogens is 270 g/mol. The van der Waals surface area contributed by atoms with E-state index in [1.165, 1.54) is 24.2 Å². The van der Waals surface area contributed by atoms with Gasteiger partial charge in [-0.2, -0.15) is 0 Å². The largest absolute Gasteiger partial charge is 0.350 e. The number of hydrogen-bond donors (Lipinski definition) is 2. The molecule has 20 heavy (non-hydrogen) atoms. The normalized spacial score (nSPS) is 16.5. The number of amides is 1. The zero-order valence-electron chi connectivity index (χ0n) is 11.8. The van der Waals surface area contributed by atoms with Gasteiger partial charge >= 0.3 is 0 Å². The number of hydrogen-bond acceptors (Lipinski definition) is 4. The van der Waals surface area contributed by atoms with Crippen LogP contribution in [0.5, 0.6) is 0 Å². The molecular formula is C15H21N3OS. The zero-order valence-corrected chi connectivity index (χ0v) is 12.6. The van der Waals surface area contributed by atoms with Crippen molar-refractivity contribution in [3.63, 3.8) is 0 Å². The summed E-state index contributed by atoms with van der Waals surface area (Å²) in [6, 6.07) is 2.26. The standard InChI is InChI=1S/C15H21N3OS/c1-12(18-8-2-3-9-18)11-17-15(19)14-13(5-4-7-16)6-10-20-14/h6,10,12H,2-3,7-9,11,16H2,1H3,(H,17,19). The van der Waals surface area contributed by atoms with E-state index in [9.17, 15) is 4.79 Å². The molecule has 1 atom stereocenters. The van der Waals surface area contributed by atoms with Crippen LogP contribution in [0, 0.1) is 11.8 Å². The molecule has 0 spiro atoms. The van der Waals surface area contributed by atoms with Gasteiger partial charge in [-0.15, -0.1) is 11.3 Å². The van der Waals surface area contributed by atoms with Gasteiger partial charge in [0.1, 0.15) is 4.88 Å². The number of nitrogens with two attached hydrogens (primary N) is 1. The lowest BCUT2D eigenvalue weighted by Crippen LogP contribution is -2.40. The van der Waals surface area contributed by atoms with Crippen LogP contribution in [0.25, 0.3) is 0 Å². The van der Waals surface area contributed by atoms with E-state index in [-0.39, 0.29) is 5.91 Å². The molecule has 1 saturated heterocycles. The van der Waals surface area contributed by atoms with E-state index < -0.39 is 0 Å². The van der Waals surface area contributed by atoms with Gasteiger partial charge in [-0.25, -0.2) is 0 Å². The summed E-state index contributed by atoms with van der Waals surface area (Å²) in [7, 11) is 0. The third-order valence-electron chi connectivity index (χ3n) is 3.52. The van der Waals surface area contributed by atoms with Crippen molar-refractivity contribution < 1.29 is 4.79 Å². The van der Waals surface area contributed by atoms with E-state index in [1.54, 1.807) is 0 Å². The van der Waals surface area contributed by atoms with Crippen LogP contribution in [0.4, 0.5) is 0 Å². The first-order chi connectivity index (χ1) is 9.72. The van der Waals surface area contributed by atoms with Crippen molar-refractivity contribution in [3.8, 4) is 11.8 Å². The lowest BCUT2D eigenvalue weighted by molar-refractivity contribution is 0.0944. The SMILES string of the molecule is CC(CNC(=O)c1sccc1C#CCN)N1CCCC1. The minimum absolute atomic E-state index is 0.0348. The number of thiophene rings is 1. The predicted molar refractivity (Wildman–Crippen MR) is 82.9 cm³/mol. The summed E-state index contributed by atoms with van der Waals surface area (Å²) < 4.78 is 0. The number of carbonyl (C=O) groups is 1. The summed E-state index contributed by atoms with van der Waals surface area (Å²) in [5.74, 6) is 5.70. The van der Waals surface area contributed by atoms with Gasteiger partial charge in [0.25, 0.3) is 5.91 Å². The van der Waals surface area contributed by atoms with Gasteiger partial charge < -0.3 is 11.1 Å². The number of likely N-dealkylation sites (tertiary alicyclic amines) is 1. The molecule has 0 radical (unpaired) electrons. The van der Waals surface area contributed by atoms with Crippen LogP contribution < -0.4 is 11.1 Å². The Morgan fingerprint density at radius 3 is 3.00 bits per heavy atom. The summed E-state index contributed by atoms with van der Waals surface area (Å²) in [5, 5.41) is 4.90. The minimum atomic E-state index is -0.0348. The van der Waals surface area contributed by atoms with E-state index >= 15 is 0 Å². The van der Waals surface area contributed by atoms with E-state index in [2.05, 4.69) is 29.0 Å². The first-order valence-electron chi connectivity index (χ1n) is 7.01. The second-order valence-electron chi connectivity index (χ2n) is 4.97. The van der Waals surface area contributed by atoms with Crippen LogP contribution in [-0.2, 0) is 0 Å². The van der Waals surface area contributed by atoms with Gasteiger partial charge in [-0.3, -0.25) is 9.69 Å². The molecule has 3 N–H and O–H groups in total. The van der Waals surface area contributed by atoms with Crippen molar-refractivity contribution in [2.45, 2.75) is 25.8 Å². The number of carbonyl (C=O) groups excluding carboxylic acids is 1. The molecule has 0 bridgehead atoms. The Bertz CT molecular complexity index is 509. The predicted octanol–water partition coefficient (Wildman–Crippen LogP) is 1.27. The first kappa shape index (κ1) is 15.0. The maximum absolute atomic E-state index is 12.2. The highest BCUT2D eigenvalue weighted by Gasteiger charge is 2.19. The summed E-state index contributed by atoms with van der Waals surface area (Å²) >= 11 is 1.42. The van der Waals surface area contributed by atoms with Gasteiger partial charge in [-0.1, -0.05) is 11.8 Å². The third kappa shape index (κ3) is 3.83. The second-order valence-corrected chi connectivity index (χ2v) is 5.89. The molecule has 4 nitrogen and oxygen atoms in total. The zero-order chi connectivity index (χ0) is 14.4. The summed E-state index contributed by atoms with van der Waals surface area (Å²) in [5.41, 5.74) is 6.13. The van der Waals surface area contributed by atoms with Crippen molar-refractivity contribution in [3.05, 3.63) is 21.9 Å². The molecule has 108 valence electrons. The van der Waals surface area contributed by atoms with E-state index in [4.69, 9.17) is 5.73 Å². The molecule has 0 saturated carbocycles. The lowest BCUT2D eigenvalue weighted by Gasteiger charge is -2.23. The highest BCUT2D eigenvalue weighted by atomic mass is 32.1. The maximum Gasteiger partial charge on any atom is 0.262 e. The molecule has 1 fully saturated rings. The van der Waals surface area contributed by atoms with Crippen LogP contribution >= 0.6 is 11.3 Å². The van der Waals surface area contributed by atoms with E-state index in [0.29, 0.717) is 24.0 Å². The fourth-order valence-electron chi connectivity index (χ4n) is 2.36. The van der Waals surface area contributed by atoms with Crippen molar-refractivity contribution in [1.29, 1.82) is 0 Å². The average molecular weight is 291 g/mol. The van der Waals surface area contributed by atoms with Crippen molar-refractivity contribution in [2.75, 3.05) is 26.2 Å². The van der Waals surface area contributed by atoms with E-state index in [0.717, 1.165) is 18.7 Å². The smallest absolute Gasteiger partial charge is 0.262 e. The summed E-state index contributed by atoms with van der Waals surface area (Å²) in [6.07, 6.45) is 2.53. The molecule has 1 aromatic rings. The topological polar surface area (TPSA) is 58.4 Å². The molecule has 2 heterocycles. The minimum Gasteiger partial charge on any atom is -0.350 e. The van der Waals surface area contributed by atoms with Crippen molar-refractivity contribution >= 4 is 17.2 Å². The molecule has 5 heteroatoms. The third-order valence-corrected chi connectivity index (χ3v) is 4.43. The Balaban J connectivity index is 1.90. The van der Waals surface area contributed by atoms with Crippen LogP contribution in [0.15, 0.2) is 11.4 Å². The van der Waals surface area contributed by atoms with Crippen LogP contribution in [0.1, 0.15) is 35.0 Å². The Hall–Kier alpha value is -1.35. The van der Waals surface area contributed by atoms with Crippen molar-refractivity contribution in [2.24, 2.45) is 5.73 Å². The number of rotatable bonds is 4. The van der Waals surface area contributed by atoms with Gasteiger partial charge in [0.05, 0.1) is 6.54 Å². The number of nitrogens with zero attached hydrogens (tertiary/aromatic N) is 1. The summed E-state index contributed by atoms with van der Waals surface area (Å²) in [6.45, 7) is 5.44. The van der Waals surface area contributed by atoms with Crippen molar-refractivity contribution in [1.82, 2.24) is 10.2 Å². The van der Waals surface area contributed by atoms with Gasteiger partial charge in [0, 0.05) is 18.2 Å². The highest BCUT2D eigenvalue weighted by Crippen LogP contribution is 2.16. The lowest BCUT2D eigenvalue weighted by atomic mass is 10.2. The quantitative estimate of drug-likeness (QED) is 0.822. The molecule has 1 amide bonds. The Kier molecular flexibility index (Phi) is 5.60. The molecule has 1 aliphatic heterocycles. The molecule has 2 rings (SSSR count). The fraction of sp³-hybridized carbons (Fsp3) is 0.533. The maximum atomic E-state index is 12.2. The first-order valence-corrected chi connectivity index (χ1v) is 7.89. The Labute approximate surface area is 124 Å².